The number of hydrogen-bond acceptors (Lipinski definition) is 8. The molecule has 4 N–H and O–H groups in total. The van der Waals surface area contributed by atoms with Gasteiger partial charge in [0, 0.05) is 18.6 Å². The number of allylic oxidation sites excluding steroid dienone is 3. The molecule has 196 valence electrons. The second-order valence-electron chi connectivity index (χ2n) is 8.71. The van der Waals surface area contributed by atoms with Crippen molar-refractivity contribution >= 4 is 46.7 Å². The molecule has 0 aromatic heterocycles. The molecule has 4 aromatic carbocycles. The number of nitrogens with zero attached hydrogens (tertiary/aromatic N) is 2. The normalized spacial score (nSPS) is 15.5. The highest BCUT2D eigenvalue weighted by atomic mass is 16.3. The van der Waals surface area contributed by atoms with Crippen LogP contribution in [0.4, 0.5) is 22.7 Å². The summed E-state index contributed by atoms with van der Waals surface area (Å²) in [4.78, 5) is 36.0. The summed E-state index contributed by atoms with van der Waals surface area (Å²) in [6.07, 6.45) is 5.92. The van der Waals surface area contributed by atoms with E-state index in [0.717, 1.165) is 0 Å². The predicted octanol–water partition coefficient (Wildman–Crippen LogP) is 6.57. The van der Waals surface area contributed by atoms with Crippen LogP contribution in [0.3, 0.4) is 0 Å². The Kier molecular flexibility index (Phi) is 7.60. The fraction of sp³-hybridized carbons (Fsp3) is 0. The first-order valence-electron chi connectivity index (χ1n) is 12.4. The van der Waals surface area contributed by atoms with Crippen molar-refractivity contribution in [3.05, 3.63) is 132 Å². The van der Waals surface area contributed by atoms with Gasteiger partial charge in [0.25, 0.3) is 0 Å². The van der Waals surface area contributed by atoms with Crippen LogP contribution in [0.2, 0.25) is 0 Å². The molecule has 0 spiro atoms. The minimum atomic E-state index is -0.447. The summed E-state index contributed by atoms with van der Waals surface area (Å²) < 4.78 is 0. The van der Waals surface area contributed by atoms with Crippen LogP contribution in [0.5, 0.6) is 11.5 Å². The Morgan fingerprint density at radius 3 is 1.85 bits per heavy atom. The third-order valence-corrected chi connectivity index (χ3v) is 6.06. The van der Waals surface area contributed by atoms with Gasteiger partial charge in [-0.1, -0.05) is 48.5 Å². The summed E-state index contributed by atoms with van der Waals surface area (Å²) in [5.41, 5.74) is 2.65. The van der Waals surface area contributed by atoms with Gasteiger partial charge >= 0.3 is 0 Å². The average Bonchev–Trinajstić information content (AvgIpc) is 2.97. The Morgan fingerprint density at radius 1 is 0.625 bits per heavy atom. The zero-order chi connectivity index (χ0) is 27.9. The lowest BCUT2D eigenvalue weighted by atomic mass is 10.0. The smallest absolute Gasteiger partial charge is 0.212 e. The van der Waals surface area contributed by atoms with Crippen LogP contribution < -0.4 is 10.6 Å². The Morgan fingerprint density at radius 2 is 1.18 bits per heavy atom. The van der Waals surface area contributed by atoms with Crippen molar-refractivity contribution in [2.24, 2.45) is 9.98 Å². The Labute approximate surface area is 230 Å². The number of carbonyl (C=O) groups excluding carboxylic acids is 2. The van der Waals surface area contributed by atoms with Gasteiger partial charge in [0.05, 0.1) is 45.1 Å². The molecule has 0 saturated carbocycles. The third-order valence-electron chi connectivity index (χ3n) is 6.06. The van der Waals surface area contributed by atoms with E-state index in [2.05, 4.69) is 20.6 Å². The number of ketones is 2. The van der Waals surface area contributed by atoms with E-state index in [1.54, 1.807) is 60.7 Å². The van der Waals surface area contributed by atoms with E-state index in [-0.39, 0.29) is 33.9 Å². The number of aliphatic imine (C=N–C) groups is 2. The van der Waals surface area contributed by atoms with Crippen LogP contribution in [-0.4, -0.2) is 34.2 Å². The van der Waals surface area contributed by atoms with E-state index >= 15 is 0 Å². The average molecular weight is 529 g/mol. The van der Waals surface area contributed by atoms with Gasteiger partial charge in [-0.25, -0.2) is 0 Å². The zero-order valence-electron chi connectivity index (χ0n) is 21.2. The second-order valence-corrected chi connectivity index (χ2v) is 8.71. The fourth-order valence-electron chi connectivity index (χ4n) is 4.00. The fourth-order valence-corrected chi connectivity index (χ4v) is 4.00. The molecule has 40 heavy (non-hydrogen) atoms. The number of phenols is 2. The topological polar surface area (TPSA) is 123 Å². The number of rotatable bonds is 4. The minimum absolute atomic E-state index is 0.123. The van der Waals surface area contributed by atoms with Crippen molar-refractivity contribution in [1.82, 2.24) is 0 Å². The highest BCUT2D eigenvalue weighted by molar-refractivity contribution is 6.22. The first-order chi connectivity index (χ1) is 19.5. The van der Waals surface area contributed by atoms with Crippen molar-refractivity contribution in [2.75, 3.05) is 10.6 Å². The van der Waals surface area contributed by atoms with Crippen molar-refractivity contribution in [1.29, 1.82) is 0 Å². The van der Waals surface area contributed by atoms with E-state index in [9.17, 15) is 19.8 Å². The van der Waals surface area contributed by atoms with Gasteiger partial charge in [-0.15, -0.1) is 0 Å². The van der Waals surface area contributed by atoms with E-state index < -0.39 is 11.6 Å². The molecule has 1 aliphatic rings. The maximum Gasteiger partial charge on any atom is 0.212 e. The summed E-state index contributed by atoms with van der Waals surface area (Å²) in [6, 6.07) is 26.8. The number of phenolic OH excluding ortho intramolecular Hbond substituents is 2. The molecule has 5 rings (SSSR count). The lowest BCUT2D eigenvalue weighted by molar-refractivity contribution is 0.102. The second kappa shape index (κ2) is 11.7. The maximum atomic E-state index is 13.5. The van der Waals surface area contributed by atoms with Crippen LogP contribution in [0, 0.1) is 0 Å². The lowest BCUT2D eigenvalue weighted by Crippen LogP contribution is -2.13. The van der Waals surface area contributed by atoms with Gasteiger partial charge in [-0.2, -0.15) is 0 Å². The molecule has 0 fully saturated rings. The van der Waals surface area contributed by atoms with Crippen LogP contribution in [0.1, 0.15) is 20.7 Å². The highest BCUT2D eigenvalue weighted by Gasteiger charge is 2.18. The van der Waals surface area contributed by atoms with Gasteiger partial charge in [0.1, 0.15) is 11.5 Å². The number of benzene rings is 4. The molecule has 0 aliphatic carbocycles. The molecule has 0 atom stereocenters. The maximum absolute atomic E-state index is 13.5. The van der Waals surface area contributed by atoms with Gasteiger partial charge in [0.15, 0.2) is 5.78 Å². The number of hydrogen-bond donors (Lipinski definition) is 4. The number of nitrogens with one attached hydrogen (secondary N) is 2. The Hall–Kier alpha value is -5.76. The number of aromatic hydroxyl groups is 2. The molecule has 8 nitrogen and oxygen atoms in total. The molecule has 0 bridgehead atoms. The highest BCUT2D eigenvalue weighted by Crippen LogP contribution is 2.29. The molecule has 0 radical (unpaired) electrons. The van der Waals surface area contributed by atoms with Crippen LogP contribution in [-0.2, 0) is 0 Å². The molecule has 0 amide bonds. The van der Waals surface area contributed by atoms with Crippen LogP contribution >= 0.6 is 0 Å². The number of fused-ring (bicyclic) bond motifs is 2. The standard InChI is InChI=1S/C32H24N4O4/c37-29-15-7-1-9-22(29)31(39)21-19-34-25-12-4-3-11-24(25)33-18-17-28(32(40)23-10-2-8-16-30(23)38)36-27-14-6-5-13-26(27)35-20-21/h1-20,34,36-38H/b21-19+,28-17-,33-18?,35-20?. The molecular formula is C32H24N4O4. The number of carbonyl (C=O) groups is 2. The zero-order valence-corrected chi connectivity index (χ0v) is 21.2. The third kappa shape index (κ3) is 5.71. The van der Waals surface area contributed by atoms with Gasteiger partial charge < -0.3 is 20.8 Å². The van der Waals surface area contributed by atoms with Gasteiger partial charge in [-0.3, -0.25) is 19.6 Å². The van der Waals surface area contributed by atoms with Crippen LogP contribution in [0.15, 0.2) is 131 Å². The predicted molar refractivity (Wildman–Crippen MR) is 157 cm³/mol. The number of anilines is 2. The largest absolute Gasteiger partial charge is 0.507 e. The molecular weight excluding hydrogens is 504 g/mol. The molecule has 0 unspecified atom stereocenters. The molecule has 8 heteroatoms. The quantitative estimate of drug-likeness (QED) is 0.222. The summed E-state index contributed by atoms with van der Waals surface area (Å²) in [5, 5.41) is 26.9. The van der Waals surface area contributed by atoms with E-state index in [4.69, 9.17) is 0 Å². The Bertz CT molecular complexity index is 1720. The van der Waals surface area contributed by atoms with Gasteiger partial charge in [-0.05, 0) is 54.6 Å². The first-order valence-corrected chi connectivity index (χ1v) is 12.4. The molecule has 1 aliphatic heterocycles. The summed E-state index contributed by atoms with van der Waals surface area (Å²) >= 11 is 0. The van der Waals surface area contributed by atoms with Crippen molar-refractivity contribution < 1.29 is 19.8 Å². The van der Waals surface area contributed by atoms with E-state index in [0.29, 0.717) is 22.7 Å². The van der Waals surface area contributed by atoms with Crippen molar-refractivity contribution in [3.63, 3.8) is 0 Å². The summed E-state index contributed by atoms with van der Waals surface area (Å²) in [5.74, 6) is -1.18. The van der Waals surface area contributed by atoms with Crippen molar-refractivity contribution in [3.8, 4) is 11.5 Å². The monoisotopic (exact) mass is 528 g/mol. The minimum Gasteiger partial charge on any atom is -0.507 e. The van der Waals surface area contributed by atoms with Crippen molar-refractivity contribution in [2.45, 2.75) is 0 Å². The SMILES string of the molecule is O=C(/C1=C/C=Nc2ccccc2N/C=C(/C(=O)c2ccccc2O)C=Nc2ccccc2N1)c1ccccc1O. The number of Topliss-reactive ketones (excluding diaryl/α,β-unsaturated/α-hetero) is 2. The molecule has 4 aromatic rings. The first kappa shape index (κ1) is 25.9. The summed E-state index contributed by atoms with van der Waals surface area (Å²) in [6.45, 7) is 0. The number of para-hydroxylation sites is 6. The summed E-state index contributed by atoms with van der Waals surface area (Å²) in [7, 11) is 0. The van der Waals surface area contributed by atoms with E-state index in [1.165, 1.54) is 49.0 Å². The lowest BCUT2D eigenvalue weighted by Gasteiger charge is -2.13. The van der Waals surface area contributed by atoms with Gasteiger partial charge in [0.2, 0.25) is 5.78 Å². The molecule has 1 heterocycles. The van der Waals surface area contributed by atoms with E-state index in [1.807, 2.05) is 12.1 Å². The van der Waals surface area contributed by atoms with Crippen LogP contribution in [0.25, 0.3) is 0 Å². The molecule has 0 saturated heterocycles. The Balaban J connectivity index is 1.63.